The van der Waals surface area contributed by atoms with Crippen LogP contribution in [0.1, 0.15) is 61.0 Å². The van der Waals surface area contributed by atoms with Crippen molar-refractivity contribution in [1.29, 1.82) is 0 Å². The van der Waals surface area contributed by atoms with Gasteiger partial charge in [0.2, 0.25) is 25.5 Å². The van der Waals surface area contributed by atoms with Crippen LogP contribution in [0.3, 0.4) is 0 Å². The molecule has 674 valence electrons. The molecule has 0 N–H and O–H groups in total. The first kappa shape index (κ1) is 89.8. The third-order valence-electron chi connectivity index (χ3n) is 25.8. The minimum atomic E-state index is -0.399. The molecule has 6 atom stereocenters. The third-order valence-corrected chi connectivity index (χ3v) is 25.8. The molecule has 29 nitrogen and oxygen atoms in total. The number of benzene rings is 7. The van der Waals surface area contributed by atoms with Crippen LogP contribution in [-0.4, -0.2) is 288 Å². The summed E-state index contributed by atoms with van der Waals surface area (Å²) in [5.74, 6) is 2.91. The van der Waals surface area contributed by atoms with Crippen LogP contribution >= 0.6 is 0 Å². The van der Waals surface area contributed by atoms with Crippen molar-refractivity contribution in [3.8, 4) is 18.0 Å². The Labute approximate surface area is 758 Å². The second-order valence-electron chi connectivity index (χ2n) is 34.6. The van der Waals surface area contributed by atoms with Crippen molar-refractivity contribution < 1.29 is 44.2 Å². The molecule has 0 unspecified atom stereocenters. The predicted molar refractivity (Wildman–Crippen MR) is 506 cm³/mol. The van der Waals surface area contributed by atoms with Gasteiger partial charge in [-0.25, -0.2) is 24.5 Å². The van der Waals surface area contributed by atoms with Gasteiger partial charge in [-0.3, -0.25) is 9.69 Å². The number of hydrogen-bond acceptors (Lipinski definition) is 24. The van der Waals surface area contributed by atoms with Gasteiger partial charge in [-0.1, -0.05) is 154 Å². The van der Waals surface area contributed by atoms with E-state index in [0.29, 0.717) is 116 Å². The van der Waals surface area contributed by atoms with E-state index in [-0.39, 0.29) is 64.9 Å². The number of carbonyl (C=O) groups is 2. The van der Waals surface area contributed by atoms with Gasteiger partial charge >= 0.3 is 24.1 Å². The van der Waals surface area contributed by atoms with Crippen LogP contribution in [0, 0.1) is 25.6 Å². The van der Waals surface area contributed by atoms with Gasteiger partial charge in [-0.2, -0.15) is 29.9 Å². The molecule has 0 bridgehead atoms. The maximum atomic E-state index is 13.2. The first-order valence-electron chi connectivity index (χ1n) is 45.1. The Bertz CT molecular complexity index is 5690. The molecule has 6 fully saturated rings. The maximum absolute atomic E-state index is 13.2. The minimum absolute atomic E-state index is 0. The number of amides is 2. The van der Waals surface area contributed by atoms with Crippen molar-refractivity contribution >= 4 is 78.8 Å². The van der Waals surface area contributed by atoms with E-state index in [1.165, 1.54) is 61.0 Å². The number of piperidine rings is 1. The van der Waals surface area contributed by atoms with E-state index in [2.05, 4.69) is 214 Å². The first-order chi connectivity index (χ1) is 62.8. The molecular weight excluding hydrogens is 1630 g/mol. The average Bonchev–Trinajstić information content (AvgIpc) is 0.782. The lowest BCUT2D eigenvalue weighted by atomic mass is 9.96. The highest BCUT2D eigenvalue weighted by atomic mass is 16.6. The summed E-state index contributed by atoms with van der Waals surface area (Å²) in [6.45, 7) is 45.2. The Kier molecular flexibility index (Phi) is 29.7. The lowest BCUT2D eigenvalue weighted by Crippen LogP contribution is -2.57. The van der Waals surface area contributed by atoms with Crippen molar-refractivity contribution in [1.82, 2.24) is 54.4 Å². The van der Waals surface area contributed by atoms with Crippen LogP contribution in [0.2, 0.25) is 0 Å². The lowest BCUT2D eigenvalue weighted by molar-refractivity contribution is -0.128. The number of aromatic nitrogens is 6. The highest BCUT2D eigenvalue weighted by Gasteiger charge is 2.40. The van der Waals surface area contributed by atoms with Crippen molar-refractivity contribution in [3.05, 3.63) is 244 Å². The number of carbonyl (C=O) groups excluding carboxylic acids is 2. The van der Waals surface area contributed by atoms with Gasteiger partial charge in [0.15, 0.2) is 0 Å². The molecule has 9 aliphatic heterocycles. The molecule has 10 aromatic rings. The normalized spacial score (nSPS) is 20.8. The van der Waals surface area contributed by atoms with Gasteiger partial charge in [0.25, 0.3) is 0 Å². The number of anilines is 6. The van der Waals surface area contributed by atoms with Gasteiger partial charge in [-0.15, -0.1) is 0 Å². The third kappa shape index (κ3) is 21.6. The summed E-state index contributed by atoms with van der Waals surface area (Å²) in [5, 5.41) is 7.36. The molecule has 7 aromatic carbocycles. The molecule has 9 aliphatic rings. The van der Waals surface area contributed by atoms with Gasteiger partial charge in [0.05, 0.1) is 56.5 Å². The molecule has 6 saturated heterocycles. The van der Waals surface area contributed by atoms with Gasteiger partial charge in [0.1, 0.15) is 74.3 Å². The second-order valence-corrected chi connectivity index (χ2v) is 34.6. The summed E-state index contributed by atoms with van der Waals surface area (Å²) < 4.78 is 42.1. The number of ether oxygens (including phenoxy) is 7. The molecule has 0 spiro atoms. The molecule has 0 aliphatic carbocycles. The summed E-state index contributed by atoms with van der Waals surface area (Å²) in [6, 6.07) is 55.0. The van der Waals surface area contributed by atoms with Crippen molar-refractivity contribution in [2.24, 2.45) is 5.92 Å². The van der Waals surface area contributed by atoms with E-state index < -0.39 is 6.09 Å². The van der Waals surface area contributed by atoms with E-state index in [1.807, 2.05) is 30.3 Å². The molecule has 0 saturated carbocycles. The fourth-order valence-corrected chi connectivity index (χ4v) is 19.2. The molecular formula is C100H120N20O9. The number of fused-ring (bicyclic) bond motifs is 6. The number of rotatable bonds is 21. The summed E-state index contributed by atoms with van der Waals surface area (Å²) in [4.78, 5) is 90.7. The molecule has 0 radical (unpaired) electrons. The summed E-state index contributed by atoms with van der Waals surface area (Å²) >= 11 is 0. The van der Waals surface area contributed by atoms with Crippen LogP contribution in [0.25, 0.3) is 46.9 Å². The van der Waals surface area contributed by atoms with E-state index in [4.69, 9.17) is 82.8 Å². The van der Waals surface area contributed by atoms with Crippen LogP contribution in [-0.2, 0) is 69.2 Å². The topological polar surface area (TPSA) is 225 Å². The Balaban J connectivity index is 0.000000149. The highest BCUT2D eigenvalue weighted by molar-refractivity contribution is 5.96. The fraction of sp³-hybridized carbons (Fsp3) is 0.450. The average molecular weight is 1750 g/mol. The summed E-state index contributed by atoms with van der Waals surface area (Å²) in [7, 11) is 6.28. The van der Waals surface area contributed by atoms with Gasteiger partial charge in [-0.05, 0) is 99.2 Å². The van der Waals surface area contributed by atoms with E-state index >= 15 is 0 Å². The number of piperazine rings is 2. The number of morpholine rings is 3. The Morgan fingerprint density at radius 3 is 1.22 bits per heavy atom. The number of nitrogens with zero attached hydrogens (tertiary/aromatic N) is 20. The highest BCUT2D eigenvalue weighted by Crippen LogP contribution is 2.40. The zero-order valence-electron chi connectivity index (χ0n) is 73.6. The predicted octanol–water partition coefficient (Wildman–Crippen LogP) is 12.6. The molecule has 129 heavy (non-hydrogen) atoms. The molecule has 2 amide bonds. The summed E-state index contributed by atoms with van der Waals surface area (Å²) in [6.07, 6.45) is 5.46. The maximum Gasteiger partial charge on any atom is 0.410 e. The molecule has 19 rings (SSSR count). The zero-order valence-corrected chi connectivity index (χ0v) is 73.6. The molecule has 3 aromatic heterocycles. The Hall–Kier alpha value is -12.5. The monoisotopic (exact) mass is 1750 g/mol. The van der Waals surface area contributed by atoms with Crippen LogP contribution in [0.4, 0.5) is 39.3 Å². The zero-order chi connectivity index (χ0) is 87.8. The standard InChI is InChI=1S/C37H41N7O4.C32H37N7O3.C30H36N6O2.CH4.H2/c1-38-21-29-22-43(17-18-44(29)37(45)48-25-27-9-4-3-5-10-27)35-32-15-16-42(34-14-8-12-28-11-6-7-13-31(28)34)24-33(32)39-36(40-35)47-26-30-23-41(2)19-20-46-30;1-4-30(40)39-15-14-38(19-24(39)18-33-2)31-27-12-13-37(29-11-7-9-23-8-5-6-10-26(23)29)21-28(27)34-32(35-31)42-22-25-20-36(3)16-17-41-25;1-31-17-22-7-6-13-36(18-22)29-26-12-14-35(28-11-5-9-23-8-3-4-10-25(23)28)20-27(26)32-30(33-29)38-21-24-19-34(2)15-16-37-24;;/h3-14,29-30H,15-26H2,2H3;4-11,24-25H,1,12-22H2,3H3;3-5,8-11,22,24H,6-7,12-21H2,2H3;1H4;1H/t29-,30+;24-,25+;22-,24+;;/m000../s1/i;;;;1+1. The van der Waals surface area contributed by atoms with Crippen LogP contribution < -0.4 is 43.6 Å². The fourth-order valence-electron chi connectivity index (χ4n) is 19.2. The lowest BCUT2D eigenvalue weighted by Gasteiger charge is -2.41. The van der Waals surface area contributed by atoms with E-state index in [1.54, 1.807) is 9.80 Å². The SMILES string of the molecule is C.[2HH].[C-]#[N+]C[C@@H]1CCCN(c2nc(OC[C@H]3CN(C)CCO3)nc3c2CCN(c2cccc4ccccc24)C3)C1.[C-]#[N+]C[C@H]1CN(c2nc(OC[C@H]3CN(C)CCO3)nc3c2CCN(c2cccc4ccccc24)C3)CCN1C(=O)C=C.[C-]#[N+]C[C@H]1CN(c2nc(OC[C@H]3CN(C)CCO3)nc3c2CCN(c2cccc4ccccc24)C3)CCN1C(=O)OCc1ccccc1. The number of hydrogen-bond donors (Lipinski definition) is 0. The Morgan fingerprint density at radius 2 is 0.814 bits per heavy atom. The quantitative estimate of drug-likeness (QED) is 0.0481. The smallest absolute Gasteiger partial charge is 0.410 e. The van der Waals surface area contributed by atoms with Gasteiger partial charge in [0, 0.05) is 169 Å². The van der Waals surface area contributed by atoms with Crippen molar-refractivity contribution in [3.63, 3.8) is 0 Å². The summed E-state index contributed by atoms with van der Waals surface area (Å²) in [5.41, 5.74) is 10.9. The second kappa shape index (κ2) is 42.6. The van der Waals surface area contributed by atoms with Gasteiger partial charge < -0.3 is 96.7 Å². The van der Waals surface area contributed by atoms with Crippen molar-refractivity contribution in [2.45, 2.75) is 96.2 Å². The Morgan fingerprint density at radius 1 is 0.434 bits per heavy atom. The van der Waals surface area contributed by atoms with E-state index in [9.17, 15) is 9.59 Å². The van der Waals surface area contributed by atoms with Crippen LogP contribution in [0.5, 0.6) is 18.0 Å². The van der Waals surface area contributed by atoms with E-state index in [0.717, 1.165) is 168 Å². The molecule has 29 heteroatoms. The minimum Gasteiger partial charge on any atom is -0.461 e. The number of likely N-dealkylation sites (N-methyl/N-ethyl adjacent to an activating group) is 3. The molecule has 12 heterocycles. The largest absolute Gasteiger partial charge is 0.461 e. The first-order valence-corrected chi connectivity index (χ1v) is 45.1. The van der Waals surface area contributed by atoms with Crippen molar-refractivity contribution in [2.75, 3.05) is 221 Å². The van der Waals surface area contributed by atoms with Crippen LogP contribution in [0.15, 0.2) is 170 Å².